The summed E-state index contributed by atoms with van der Waals surface area (Å²) in [6.45, 7) is 9.39. The van der Waals surface area contributed by atoms with Crippen LogP contribution >= 0.6 is 22.9 Å². The molecule has 0 unspecified atom stereocenters. The Kier molecular flexibility index (Phi) is 7.92. The fraction of sp³-hybridized carbons (Fsp3) is 0.391. The number of halogens is 1. The van der Waals surface area contributed by atoms with Gasteiger partial charge in [-0.15, -0.1) is 0 Å². The van der Waals surface area contributed by atoms with Crippen LogP contribution in [0.15, 0.2) is 46.3 Å². The van der Waals surface area contributed by atoms with Crippen molar-refractivity contribution in [1.29, 1.82) is 0 Å². The minimum absolute atomic E-state index is 0.183. The van der Waals surface area contributed by atoms with Crippen LogP contribution in [-0.2, 0) is 16.6 Å². The molecule has 0 radical (unpaired) electrons. The lowest BCUT2D eigenvalue weighted by molar-refractivity contribution is 0.0997. The topological polar surface area (TPSA) is 71.7 Å². The molecule has 6 nitrogen and oxygen atoms in total. The largest absolute Gasteiger partial charge is 0.316 e. The molecule has 1 amide bonds. The maximum atomic E-state index is 12.9. The Bertz CT molecular complexity index is 1290. The summed E-state index contributed by atoms with van der Waals surface area (Å²) in [5, 5.41) is 0.647. The summed E-state index contributed by atoms with van der Waals surface area (Å²) in [5.74, 6) is -0.412. The first-order chi connectivity index (χ1) is 15.2. The first-order valence-corrected chi connectivity index (χ1v) is 13.3. The number of hydrogen-bond acceptors (Lipinski definition) is 4. The van der Waals surface area contributed by atoms with Gasteiger partial charge in [0.2, 0.25) is 10.0 Å². The zero-order valence-corrected chi connectivity index (χ0v) is 21.1. The van der Waals surface area contributed by atoms with Crippen LogP contribution in [0, 0.1) is 6.92 Å². The van der Waals surface area contributed by atoms with E-state index in [9.17, 15) is 13.2 Å². The van der Waals surface area contributed by atoms with E-state index < -0.39 is 15.9 Å². The summed E-state index contributed by atoms with van der Waals surface area (Å²) in [6, 6.07) is 9.79. The smallest absolute Gasteiger partial charge is 0.279 e. The van der Waals surface area contributed by atoms with Crippen LogP contribution in [0.25, 0.3) is 10.2 Å². The maximum absolute atomic E-state index is 12.9. The van der Waals surface area contributed by atoms with Crippen LogP contribution in [0.1, 0.15) is 49.5 Å². The number of amides is 1. The van der Waals surface area contributed by atoms with E-state index in [-0.39, 0.29) is 4.90 Å². The van der Waals surface area contributed by atoms with Crippen molar-refractivity contribution in [3.8, 4) is 0 Å². The molecular weight excluding hydrogens is 466 g/mol. The predicted octanol–water partition coefficient (Wildman–Crippen LogP) is 5.24. The van der Waals surface area contributed by atoms with Crippen molar-refractivity contribution < 1.29 is 13.2 Å². The highest BCUT2D eigenvalue weighted by molar-refractivity contribution is 7.89. The summed E-state index contributed by atoms with van der Waals surface area (Å²) in [7, 11) is -3.58. The predicted molar refractivity (Wildman–Crippen MR) is 131 cm³/mol. The van der Waals surface area contributed by atoms with E-state index in [2.05, 4.69) is 4.99 Å². The van der Waals surface area contributed by atoms with Crippen LogP contribution in [0.2, 0.25) is 5.02 Å². The van der Waals surface area contributed by atoms with Crippen LogP contribution in [0.4, 0.5) is 0 Å². The van der Waals surface area contributed by atoms with Gasteiger partial charge in [-0.3, -0.25) is 4.79 Å². The summed E-state index contributed by atoms with van der Waals surface area (Å²) in [5.41, 5.74) is 2.38. The molecule has 3 rings (SSSR count). The lowest BCUT2D eigenvalue weighted by atomic mass is 10.2. The molecule has 0 saturated heterocycles. The monoisotopic (exact) mass is 493 g/mol. The van der Waals surface area contributed by atoms with Gasteiger partial charge < -0.3 is 4.57 Å². The molecule has 32 heavy (non-hydrogen) atoms. The van der Waals surface area contributed by atoms with Gasteiger partial charge in [0.25, 0.3) is 5.91 Å². The number of fused-ring (bicyclic) bond motifs is 1. The Morgan fingerprint density at radius 2 is 1.84 bits per heavy atom. The molecule has 3 aromatic rings. The van der Waals surface area contributed by atoms with E-state index in [0.29, 0.717) is 35.0 Å². The summed E-state index contributed by atoms with van der Waals surface area (Å²) < 4.78 is 30.2. The van der Waals surface area contributed by atoms with Crippen molar-refractivity contribution >= 4 is 49.1 Å². The standard InChI is InChI=1S/C23H28ClN3O3S2/c1-5-8-13-26(6-2)32(29,30)19-11-9-17(10-12-19)22(28)25-23-27(7-3)21-16(4)14-18(24)15-20(21)31-23/h9-12,14-15H,5-8,13H2,1-4H3. The zero-order valence-electron chi connectivity index (χ0n) is 18.8. The lowest BCUT2D eigenvalue weighted by Crippen LogP contribution is -2.31. The Balaban J connectivity index is 1.95. The number of nitrogens with zero attached hydrogens (tertiary/aromatic N) is 3. The Morgan fingerprint density at radius 1 is 1.16 bits per heavy atom. The molecule has 0 fully saturated rings. The van der Waals surface area contributed by atoms with Crippen molar-refractivity contribution in [2.45, 2.75) is 52.0 Å². The fourth-order valence-electron chi connectivity index (χ4n) is 3.61. The average Bonchev–Trinajstić information content (AvgIpc) is 3.11. The summed E-state index contributed by atoms with van der Waals surface area (Å²) in [4.78, 5) is 17.9. The molecule has 0 N–H and O–H groups in total. The van der Waals surface area contributed by atoms with Gasteiger partial charge in [0, 0.05) is 30.2 Å². The first kappa shape index (κ1) is 24.6. The lowest BCUT2D eigenvalue weighted by Gasteiger charge is -2.20. The number of unbranched alkanes of at least 4 members (excludes halogenated alkanes) is 1. The number of carbonyl (C=O) groups excluding carboxylic acids is 1. The molecule has 0 spiro atoms. The molecule has 0 aliphatic rings. The molecule has 1 aromatic heterocycles. The van der Waals surface area contributed by atoms with Gasteiger partial charge in [-0.1, -0.05) is 43.2 Å². The number of thiazole rings is 1. The highest BCUT2D eigenvalue weighted by Crippen LogP contribution is 2.26. The molecular formula is C23H28ClN3O3S2. The first-order valence-electron chi connectivity index (χ1n) is 10.7. The van der Waals surface area contributed by atoms with Gasteiger partial charge in [-0.2, -0.15) is 9.30 Å². The number of hydrogen-bond donors (Lipinski definition) is 0. The van der Waals surface area contributed by atoms with Crippen molar-refractivity contribution in [3.05, 3.63) is 57.3 Å². The second kappa shape index (κ2) is 10.3. The third-order valence-electron chi connectivity index (χ3n) is 5.30. The molecule has 0 bridgehead atoms. The Hall–Kier alpha value is -2.00. The number of carbonyl (C=O) groups is 1. The molecule has 0 aliphatic carbocycles. The van der Waals surface area contributed by atoms with Crippen LogP contribution in [0.3, 0.4) is 0 Å². The quantitative estimate of drug-likeness (QED) is 0.431. The second-order valence-corrected chi connectivity index (χ2v) is 10.9. The van der Waals surface area contributed by atoms with Crippen molar-refractivity contribution in [2.24, 2.45) is 4.99 Å². The highest BCUT2D eigenvalue weighted by atomic mass is 35.5. The molecule has 0 atom stereocenters. The number of aromatic nitrogens is 1. The fourth-order valence-corrected chi connectivity index (χ4v) is 6.64. The summed E-state index contributed by atoms with van der Waals surface area (Å²) in [6.07, 6.45) is 1.72. The van der Waals surface area contributed by atoms with Gasteiger partial charge in [-0.25, -0.2) is 8.42 Å². The zero-order chi connectivity index (χ0) is 23.5. The van der Waals surface area contributed by atoms with Gasteiger partial charge in [0.15, 0.2) is 4.80 Å². The number of sulfonamides is 1. The average molecular weight is 494 g/mol. The van der Waals surface area contributed by atoms with Crippen LogP contribution in [-0.4, -0.2) is 36.3 Å². The normalized spacial score (nSPS) is 12.8. The molecule has 0 saturated carbocycles. The van der Waals surface area contributed by atoms with E-state index >= 15 is 0 Å². The van der Waals surface area contributed by atoms with Crippen molar-refractivity contribution in [1.82, 2.24) is 8.87 Å². The number of rotatable bonds is 8. The SMILES string of the molecule is CCCCN(CC)S(=O)(=O)c1ccc(C(=O)N=c2sc3cc(Cl)cc(C)c3n2CC)cc1. The van der Waals surface area contributed by atoms with Gasteiger partial charge >= 0.3 is 0 Å². The van der Waals surface area contributed by atoms with Gasteiger partial charge in [-0.05, 0) is 62.2 Å². The highest BCUT2D eigenvalue weighted by Gasteiger charge is 2.22. The molecule has 2 aromatic carbocycles. The van der Waals surface area contributed by atoms with Crippen molar-refractivity contribution in [2.75, 3.05) is 13.1 Å². The van der Waals surface area contributed by atoms with E-state index in [4.69, 9.17) is 11.6 Å². The van der Waals surface area contributed by atoms with Crippen LogP contribution in [0.5, 0.6) is 0 Å². The molecule has 0 aliphatic heterocycles. The van der Waals surface area contributed by atoms with E-state index in [0.717, 1.165) is 28.6 Å². The summed E-state index contributed by atoms with van der Waals surface area (Å²) >= 11 is 7.60. The molecule has 9 heteroatoms. The van der Waals surface area contributed by atoms with E-state index in [1.54, 1.807) is 0 Å². The minimum Gasteiger partial charge on any atom is -0.316 e. The number of benzene rings is 2. The molecule has 1 heterocycles. The minimum atomic E-state index is -3.58. The van der Waals surface area contributed by atoms with E-state index in [1.807, 2.05) is 44.4 Å². The Morgan fingerprint density at radius 3 is 2.44 bits per heavy atom. The Labute approximate surface area is 198 Å². The third-order valence-corrected chi connectivity index (χ3v) is 8.53. The van der Waals surface area contributed by atoms with Crippen LogP contribution < -0.4 is 4.80 Å². The second-order valence-electron chi connectivity index (χ2n) is 7.49. The number of aryl methyl sites for hydroxylation is 2. The van der Waals surface area contributed by atoms with E-state index in [1.165, 1.54) is 39.9 Å². The van der Waals surface area contributed by atoms with Crippen molar-refractivity contribution in [3.63, 3.8) is 0 Å². The maximum Gasteiger partial charge on any atom is 0.279 e. The van der Waals surface area contributed by atoms with Gasteiger partial charge in [0.05, 0.1) is 15.1 Å². The molecule has 172 valence electrons. The van der Waals surface area contributed by atoms with Gasteiger partial charge in [0.1, 0.15) is 0 Å². The third kappa shape index (κ3) is 4.98.